The van der Waals surface area contributed by atoms with E-state index in [1.54, 1.807) is 4.90 Å². The summed E-state index contributed by atoms with van der Waals surface area (Å²) in [6, 6.07) is 0.322. The fourth-order valence-corrected chi connectivity index (χ4v) is 2.30. The summed E-state index contributed by atoms with van der Waals surface area (Å²) >= 11 is 0. The van der Waals surface area contributed by atoms with E-state index < -0.39 is 5.60 Å². The van der Waals surface area contributed by atoms with Gasteiger partial charge in [0.2, 0.25) is 0 Å². The first-order valence-corrected chi connectivity index (χ1v) is 7.75. The topological polar surface area (TPSA) is 80.0 Å². The zero-order valence-corrected chi connectivity index (χ0v) is 14.0. The van der Waals surface area contributed by atoms with Crippen LogP contribution in [0.1, 0.15) is 53.9 Å². The van der Waals surface area contributed by atoms with Gasteiger partial charge in [-0.05, 0) is 53.9 Å². The molecule has 1 saturated heterocycles. The summed E-state index contributed by atoms with van der Waals surface area (Å²) in [5.74, 6) is 0.430. The second-order valence-corrected chi connectivity index (χ2v) is 6.85. The fourth-order valence-electron chi connectivity index (χ4n) is 2.30. The van der Waals surface area contributed by atoms with Crippen molar-refractivity contribution in [2.24, 2.45) is 10.7 Å². The maximum atomic E-state index is 12.3. The Balaban J connectivity index is 2.63. The summed E-state index contributed by atoms with van der Waals surface area (Å²) in [5.41, 5.74) is 5.35. The van der Waals surface area contributed by atoms with Crippen LogP contribution in [-0.2, 0) is 4.74 Å². The molecule has 0 bridgehead atoms. The molecule has 1 heterocycles. The van der Waals surface area contributed by atoms with Gasteiger partial charge in [-0.25, -0.2) is 4.79 Å². The van der Waals surface area contributed by atoms with E-state index in [1.807, 2.05) is 34.6 Å². The average molecular weight is 298 g/mol. The van der Waals surface area contributed by atoms with E-state index in [0.29, 0.717) is 12.5 Å². The molecule has 1 fully saturated rings. The fraction of sp³-hybridized carbons (Fsp3) is 0.867. The molecule has 1 unspecified atom stereocenters. The molecule has 1 aliphatic rings. The Bertz CT molecular complexity index is 374. The summed E-state index contributed by atoms with van der Waals surface area (Å²) in [5, 5.41) is 3.06. The molecule has 1 rings (SSSR count). The number of aliphatic imine (C=N–C) groups is 1. The lowest BCUT2D eigenvalue weighted by Gasteiger charge is -2.36. The van der Waals surface area contributed by atoms with Gasteiger partial charge in [-0.15, -0.1) is 0 Å². The van der Waals surface area contributed by atoms with Crippen molar-refractivity contribution >= 4 is 12.1 Å². The van der Waals surface area contributed by atoms with E-state index in [1.165, 1.54) is 0 Å². The van der Waals surface area contributed by atoms with Gasteiger partial charge in [0.1, 0.15) is 5.60 Å². The molecule has 6 nitrogen and oxygen atoms in total. The van der Waals surface area contributed by atoms with E-state index in [-0.39, 0.29) is 18.2 Å². The standard InChI is InChI=1S/C15H30N4O2/c1-11(2)18-13(16)17-10-12-8-6-7-9-19(12)14(20)21-15(3,4)5/h11-12H,6-10H2,1-5H3,(H3,16,17,18). The molecule has 122 valence electrons. The highest BCUT2D eigenvalue weighted by atomic mass is 16.6. The highest BCUT2D eigenvalue weighted by molar-refractivity contribution is 5.78. The molecular formula is C15H30N4O2. The minimum absolute atomic E-state index is 0.0705. The number of likely N-dealkylation sites (tertiary alicyclic amines) is 1. The van der Waals surface area contributed by atoms with Crippen LogP contribution in [0.25, 0.3) is 0 Å². The molecule has 21 heavy (non-hydrogen) atoms. The lowest BCUT2D eigenvalue weighted by molar-refractivity contribution is 0.0110. The normalized spacial score (nSPS) is 20.6. The van der Waals surface area contributed by atoms with Crippen LogP contribution in [-0.4, -0.2) is 47.7 Å². The van der Waals surface area contributed by atoms with Gasteiger partial charge in [0.15, 0.2) is 5.96 Å². The third-order valence-corrected chi connectivity index (χ3v) is 3.16. The van der Waals surface area contributed by atoms with Gasteiger partial charge in [0.25, 0.3) is 0 Å². The first kappa shape index (κ1) is 17.6. The molecule has 0 aromatic rings. The van der Waals surface area contributed by atoms with Gasteiger partial charge in [-0.2, -0.15) is 0 Å². The maximum absolute atomic E-state index is 12.3. The number of carbonyl (C=O) groups excluding carboxylic acids is 1. The van der Waals surface area contributed by atoms with Crippen LogP contribution >= 0.6 is 0 Å². The molecule has 0 saturated carbocycles. The second kappa shape index (κ2) is 7.52. The average Bonchev–Trinajstić information content (AvgIpc) is 2.33. The molecule has 1 amide bonds. The van der Waals surface area contributed by atoms with Crippen LogP contribution in [0.4, 0.5) is 4.79 Å². The van der Waals surface area contributed by atoms with E-state index in [0.717, 1.165) is 25.8 Å². The lowest BCUT2D eigenvalue weighted by Crippen LogP contribution is -2.48. The zero-order valence-electron chi connectivity index (χ0n) is 14.0. The predicted octanol–water partition coefficient (Wildman–Crippen LogP) is 2.09. The minimum Gasteiger partial charge on any atom is -0.444 e. The molecule has 1 aliphatic heterocycles. The van der Waals surface area contributed by atoms with Gasteiger partial charge in [-0.1, -0.05) is 0 Å². The maximum Gasteiger partial charge on any atom is 0.410 e. The highest BCUT2D eigenvalue weighted by Crippen LogP contribution is 2.20. The Morgan fingerprint density at radius 3 is 2.67 bits per heavy atom. The largest absolute Gasteiger partial charge is 0.444 e. The number of nitrogens with one attached hydrogen (secondary N) is 1. The quantitative estimate of drug-likeness (QED) is 0.617. The van der Waals surface area contributed by atoms with E-state index in [2.05, 4.69) is 10.3 Å². The van der Waals surface area contributed by atoms with E-state index >= 15 is 0 Å². The summed E-state index contributed by atoms with van der Waals surface area (Å²) < 4.78 is 5.47. The van der Waals surface area contributed by atoms with Crippen LogP contribution in [0.5, 0.6) is 0 Å². The van der Waals surface area contributed by atoms with Gasteiger partial charge in [-0.3, -0.25) is 4.99 Å². The third kappa shape index (κ3) is 6.69. The van der Waals surface area contributed by atoms with Crippen molar-refractivity contribution in [1.29, 1.82) is 0 Å². The molecular weight excluding hydrogens is 268 g/mol. The Labute approximate surface area is 128 Å². The number of hydrogen-bond donors (Lipinski definition) is 2. The van der Waals surface area contributed by atoms with Crippen molar-refractivity contribution in [3.63, 3.8) is 0 Å². The van der Waals surface area contributed by atoms with Crippen molar-refractivity contribution in [3.8, 4) is 0 Å². The SMILES string of the molecule is CC(C)NC(N)=NCC1CCCCN1C(=O)OC(C)(C)C. The molecule has 6 heteroatoms. The van der Waals surface area contributed by atoms with Gasteiger partial charge in [0, 0.05) is 12.6 Å². The number of piperidine rings is 1. The Hall–Kier alpha value is -1.46. The van der Waals surface area contributed by atoms with Crippen molar-refractivity contribution < 1.29 is 9.53 Å². The smallest absolute Gasteiger partial charge is 0.410 e. The molecule has 0 radical (unpaired) electrons. The molecule has 1 atom stereocenters. The van der Waals surface area contributed by atoms with E-state index in [9.17, 15) is 4.79 Å². The summed E-state index contributed by atoms with van der Waals surface area (Å²) in [7, 11) is 0. The third-order valence-electron chi connectivity index (χ3n) is 3.16. The summed E-state index contributed by atoms with van der Waals surface area (Å²) in [4.78, 5) is 18.4. The Morgan fingerprint density at radius 1 is 1.43 bits per heavy atom. The Morgan fingerprint density at radius 2 is 2.10 bits per heavy atom. The number of ether oxygens (including phenoxy) is 1. The van der Waals surface area contributed by atoms with Crippen molar-refractivity contribution in [2.75, 3.05) is 13.1 Å². The lowest BCUT2D eigenvalue weighted by atomic mass is 10.0. The molecule has 0 aromatic heterocycles. The number of carbonyl (C=O) groups is 1. The number of amides is 1. The van der Waals surface area contributed by atoms with Crippen molar-refractivity contribution in [3.05, 3.63) is 0 Å². The first-order chi connectivity index (χ1) is 9.69. The van der Waals surface area contributed by atoms with Gasteiger partial charge in [0.05, 0.1) is 12.6 Å². The van der Waals surface area contributed by atoms with Crippen LogP contribution in [0, 0.1) is 0 Å². The van der Waals surface area contributed by atoms with Crippen LogP contribution < -0.4 is 11.1 Å². The first-order valence-electron chi connectivity index (χ1n) is 7.75. The van der Waals surface area contributed by atoms with E-state index in [4.69, 9.17) is 10.5 Å². The number of guanidine groups is 1. The van der Waals surface area contributed by atoms with Gasteiger partial charge < -0.3 is 20.7 Å². The monoisotopic (exact) mass is 298 g/mol. The summed E-state index contributed by atoms with van der Waals surface area (Å²) in [6.45, 7) is 10.9. The van der Waals surface area contributed by atoms with Crippen molar-refractivity contribution in [2.45, 2.75) is 71.6 Å². The Kier molecular flexibility index (Phi) is 6.30. The number of rotatable bonds is 3. The molecule has 0 aromatic carbocycles. The highest BCUT2D eigenvalue weighted by Gasteiger charge is 2.30. The minimum atomic E-state index is -0.472. The molecule has 3 N–H and O–H groups in total. The molecule has 0 aliphatic carbocycles. The number of hydrogen-bond acceptors (Lipinski definition) is 3. The second-order valence-electron chi connectivity index (χ2n) is 6.85. The summed E-state index contributed by atoms with van der Waals surface area (Å²) in [6.07, 6.45) is 2.81. The van der Waals surface area contributed by atoms with Crippen LogP contribution in [0.15, 0.2) is 4.99 Å². The van der Waals surface area contributed by atoms with Crippen molar-refractivity contribution in [1.82, 2.24) is 10.2 Å². The van der Waals surface area contributed by atoms with Crippen LogP contribution in [0.3, 0.4) is 0 Å². The number of nitrogens with zero attached hydrogens (tertiary/aromatic N) is 2. The number of nitrogens with two attached hydrogens (primary N) is 1. The van der Waals surface area contributed by atoms with Crippen LogP contribution in [0.2, 0.25) is 0 Å². The predicted molar refractivity (Wildman–Crippen MR) is 85.3 cm³/mol. The van der Waals surface area contributed by atoms with Gasteiger partial charge >= 0.3 is 6.09 Å². The zero-order chi connectivity index (χ0) is 16.0. The molecule has 0 spiro atoms.